The number of urea groups is 1. The van der Waals surface area contributed by atoms with Crippen LogP contribution in [0.25, 0.3) is 16.8 Å². The van der Waals surface area contributed by atoms with Crippen LogP contribution in [0.1, 0.15) is 34.7 Å². The van der Waals surface area contributed by atoms with Gasteiger partial charge in [0.05, 0.1) is 5.69 Å². The molecule has 4 aromatic rings. The van der Waals surface area contributed by atoms with Crippen molar-refractivity contribution in [2.75, 3.05) is 4.90 Å². The predicted molar refractivity (Wildman–Crippen MR) is 149 cm³/mol. The van der Waals surface area contributed by atoms with Crippen LogP contribution in [0, 0.1) is 13.8 Å². The number of rotatable bonds is 6. The number of amides is 4. The molecule has 0 aliphatic carbocycles. The maximum absolute atomic E-state index is 13.7. The van der Waals surface area contributed by atoms with Crippen LogP contribution >= 0.6 is 0 Å². The number of carbonyl (C=O) groups excluding carboxylic acids is 3. The van der Waals surface area contributed by atoms with Gasteiger partial charge in [-0.3, -0.25) is 14.9 Å². The molecule has 6 heteroatoms. The van der Waals surface area contributed by atoms with Crippen LogP contribution in [0.2, 0.25) is 0 Å². The Hall–Kier alpha value is -4.71. The van der Waals surface area contributed by atoms with E-state index in [0.717, 1.165) is 37.9 Å². The average molecular weight is 505 g/mol. The molecule has 1 aliphatic heterocycles. The lowest BCUT2D eigenvalue weighted by Gasteiger charge is -2.28. The van der Waals surface area contributed by atoms with Crippen LogP contribution < -0.4 is 15.0 Å². The second-order valence-corrected chi connectivity index (χ2v) is 9.42. The fourth-order valence-corrected chi connectivity index (χ4v) is 4.91. The lowest BCUT2D eigenvalue weighted by molar-refractivity contribution is -0.122. The number of nitrogens with one attached hydrogen (secondary N) is 1. The van der Waals surface area contributed by atoms with Gasteiger partial charge in [0.25, 0.3) is 11.8 Å². The predicted octanol–water partition coefficient (Wildman–Crippen LogP) is 6.26. The molecule has 5 rings (SSSR count). The number of barbiturate groups is 1. The second kappa shape index (κ2) is 10.3. The van der Waals surface area contributed by atoms with Crippen molar-refractivity contribution in [3.8, 4) is 5.75 Å². The monoisotopic (exact) mass is 504 g/mol. The van der Waals surface area contributed by atoms with Crippen LogP contribution in [0.3, 0.4) is 0 Å². The van der Waals surface area contributed by atoms with Crippen molar-refractivity contribution in [2.24, 2.45) is 0 Å². The third-order valence-electron chi connectivity index (χ3n) is 6.61. The smallest absolute Gasteiger partial charge is 0.335 e. The molecule has 190 valence electrons. The number of imide groups is 2. The molecule has 1 fully saturated rings. The van der Waals surface area contributed by atoms with Gasteiger partial charge in [-0.05, 0) is 60.4 Å². The van der Waals surface area contributed by atoms with Crippen LogP contribution in [-0.2, 0) is 22.6 Å². The van der Waals surface area contributed by atoms with Crippen LogP contribution in [0.5, 0.6) is 5.75 Å². The Morgan fingerprint density at radius 2 is 1.58 bits per heavy atom. The standard InChI is InChI=1S/C32H28N2O4/c1-4-23-9-6-8-12-28(23)34-31(36)27(30(35)33-32(34)37)18-26-25-11-7-5-10-24(25)13-14-29(26)38-19-22-16-20(2)15-21(3)17-22/h5-18H,4,19H2,1-3H3,(H,33,35,37)/b27-18-. The summed E-state index contributed by atoms with van der Waals surface area (Å²) in [6.45, 7) is 6.35. The maximum Gasteiger partial charge on any atom is 0.335 e. The average Bonchev–Trinajstić information content (AvgIpc) is 2.89. The minimum atomic E-state index is -0.762. The van der Waals surface area contributed by atoms with Crippen molar-refractivity contribution in [2.45, 2.75) is 33.8 Å². The Morgan fingerprint density at radius 1 is 0.868 bits per heavy atom. The van der Waals surface area contributed by atoms with Crippen LogP contribution in [0.15, 0.2) is 84.4 Å². The van der Waals surface area contributed by atoms with Gasteiger partial charge in [-0.1, -0.05) is 84.8 Å². The molecule has 6 nitrogen and oxygen atoms in total. The zero-order valence-electron chi connectivity index (χ0n) is 21.6. The molecule has 38 heavy (non-hydrogen) atoms. The molecule has 0 aromatic heterocycles. The first-order valence-corrected chi connectivity index (χ1v) is 12.6. The van der Waals surface area contributed by atoms with Gasteiger partial charge in [-0.2, -0.15) is 0 Å². The molecular weight excluding hydrogens is 476 g/mol. The van der Waals surface area contributed by atoms with Gasteiger partial charge in [-0.25, -0.2) is 9.69 Å². The molecule has 0 bridgehead atoms. The van der Waals surface area contributed by atoms with E-state index >= 15 is 0 Å². The summed E-state index contributed by atoms with van der Waals surface area (Å²) >= 11 is 0. The van der Waals surface area contributed by atoms with Gasteiger partial charge in [0.15, 0.2) is 0 Å². The molecule has 1 heterocycles. The first-order valence-electron chi connectivity index (χ1n) is 12.6. The van der Waals surface area contributed by atoms with Gasteiger partial charge in [0.2, 0.25) is 0 Å². The molecule has 0 saturated carbocycles. The Kier molecular flexibility index (Phi) is 6.79. The number of hydrogen-bond acceptors (Lipinski definition) is 4. The van der Waals surface area contributed by atoms with Gasteiger partial charge in [-0.15, -0.1) is 0 Å². The summed E-state index contributed by atoms with van der Waals surface area (Å²) in [4.78, 5) is 40.5. The number of aryl methyl sites for hydroxylation is 3. The first-order chi connectivity index (χ1) is 18.4. The van der Waals surface area contributed by atoms with E-state index in [9.17, 15) is 14.4 Å². The highest BCUT2D eigenvalue weighted by molar-refractivity contribution is 6.39. The zero-order chi connectivity index (χ0) is 26.8. The molecule has 0 spiro atoms. The van der Waals surface area contributed by atoms with Crippen molar-refractivity contribution in [1.82, 2.24) is 5.32 Å². The van der Waals surface area contributed by atoms with Crippen molar-refractivity contribution in [1.29, 1.82) is 0 Å². The summed E-state index contributed by atoms with van der Waals surface area (Å²) < 4.78 is 6.25. The summed E-state index contributed by atoms with van der Waals surface area (Å²) in [6, 6.07) is 24.2. The van der Waals surface area contributed by atoms with Gasteiger partial charge in [0, 0.05) is 5.56 Å². The molecule has 4 amide bonds. The van der Waals surface area contributed by atoms with E-state index in [1.807, 2.05) is 69.3 Å². The summed E-state index contributed by atoms with van der Waals surface area (Å²) in [6.07, 6.45) is 2.16. The highest BCUT2D eigenvalue weighted by atomic mass is 16.5. The minimum Gasteiger partial charge on any atom is -0.488 e. The summed E-state index contributed by atoms with van der Waals surface area (Å²) in [7, 11) is 0. The number of ether oxygens (including phenoxy) is 1. The normalized spacial score (nSPS) is 14.8. The van der Waals surface area contributed by atoms with E-state index in [0.29, 0.717) is 30.0 Å². The topological polar surface area (TPSA) is 75.7 Å². The lowest BCUT2D eigenvalue weighted by Crippen LogP contribution is -2.54. The highest BCUT2D eigenvalue weighted by Crippen LogP contribution is 2.33. The van der Waals surface area contributed by atoms with E-state index < -0.39 is 17.8 Å². The van der Waals surface area contributed by atoms with Gasteiger partial charge >= 0.3 is 6.03 Å². The van der Waals surface area contributed by atoms with Crippen LogP contribution in [-0.4, -0.2) is 17.8 Å². The fourth-order valence-electron chi connectivity index (χ4n) is 4.91. The zero-order valence-corrected chi connectivity index (χ0v) is 21.6. The molecule has 1 aliphatic rings. The largest absolute Gasteiger partial charge is 0.488 e. The Balaban J connectivity index is 1.59. The number of nitrogens with zero attached hydrogens (tertiary/aromatic N) is 1. The number of para-hydroxylation sites is 1. The molecule has 1 saturated heterocycles. The van der Waals surface area contributed by atoms with Crippen molar-refractivity contribution in [3.05, 3.63) is 112 Å². The molecule has 0 unspecified atom stereocenters. The Labute approximate surface area is 221 Å². The van der Waals surface area contributed by atoms with Crippen molar-refractivity contribution >= 4 is 40.4 Å². The molecular formula is C32H28N2O4. The number of fused-ring (bicyclic) bond motifs is 1. The third kappa shape index (κ3) is 4.81. The highest BCUT2D eigenvalue weighted by Gasteiger charge is 2.37. The second-order valence-electron chi connectivity index (χ2n) is 9.42. The van der Waals surface area contributed by atoms with E-state index in [2.05, 4.69) is 23.5 Å². The van der Waals surface area contributed by atoms with Gasteiger partial charge in [0.1, 0.15) is 17.9 Å². The lowest BCUT2D eigenvalue weighted by atomic mass is 9.99. The summed E-state index contributed by atoms with van der Waals surface area (Å²) in [5.74, 6) is -0.875. The fraction of sp³-hybridized carbons (Fsp3) is 0.156. The first kappa shape index (κ1) is 25.0. The van der Waals surface area contributed by atoms with E-state index in [1.165, 1.54) is 6.08 Å². The van der Waals surface area contributed by atoms with E-state index in [4.69, 9.17) is 4.74 Å². The van der Waals surface area contributed by atoms with Gasteiger partial charge < -0.3 is 4.74 Å². The Morgan fingerprint density at radius 3 is 2.34 bits per heavy atom. The third-order valence-corrected chi connectivity index (χ3v) is 6.61. The van der Waals surface area contributed by atoms with E-state index in [-0.39, 0.29) is 5.57 Å². The Bertz CT molecular complexity index is 1600. The molecule has 0 radical (unpaired) electrons. The molecule has 4 aromatic carbocycles. The summed E-state index contributed by atoms with van der Waals surface area (Å²) in [5, 5.41) is 4.10. The van der Waals surface area contributed by atoms with Crippen LogP contribution in [0.4, 0.5) is 10.5 Å². The number of benzene rings is 4. The number of hydrogen-bond donors (Lipinski definition) is 1. The molecule has 0 atom stereocenters. The summed E-state index contributed by atoms with van der Waals surface area (Å²) in [5.41, 5.74) is 5.06. The van der Waals surface area contributed by atoms with Crippen molar-refractivity contribution < 1.29 is 19.1 Å². The van der Waals surface area contributed by atoms with Crippen molar-refractivity contribution in [3.63, 3.8) is 0 Å². The number of carbonyl (C=O) groups is 3. The van der Waals surface area contributed by atoms with E-state index in [1.54, 1.807) is 12.1 Å². The quantitative estimate of drug-likeness (QED) is 0.248. The SMILES string of the molecule is CCc1ccccc1N1C(=O)NC(=O)/C(=C/c2c(OCc3cc(C)cc(C)c3)ccc3ccccc23)C1=O. The minimum absolute atomic E-state index is 0.136. The molecule has 1 N–H and O–H groups in total. The number of anilines is 1. The maximum atomic E-state index is 13.7.